The predicted octanol–water partition coefficient (Wildman–Crippen LogP) is 4.95. The molecule has 3 nitrogen and oxygen atoms in total. The fourth-order valence-electron chi connectivity index (χ4n) is 1.92. The minimum Gasteiger partial charge on any atom is -0.350 e. The Labute approximate surface area is 129 Å². The summed E-state index contributed by atoms with van der Waals surface area (Å²) in [5.41, 5.74) is -0.826. The number of fused-ring (bicyclic) bond motifs is 1. The van der Waals surface area contributed by atoms with Gasteiger partial charge in [-0.15, -0.1) is 0 Å². The van der Waals surface area contributed by atoms with Gasteiger partial charge in [-0.2, -0.15) is 13.2 Å². The molecule has 0 aliphatic heterocycles. The Morgan fingerprint density at radius 2 is 2.00 bits per heavy atom. The maximum absolute atomic E-state index is 13.2. The summed E-state index contributed by atoms with van der Waals surface area (Å²) in [5.74, 6) is 0. The van der Waals surface area contributed by atoms with Crippen LogP contribution in [0.25, 0.3) is 10.9 Å². The van der Waals surface area contributed by atoms with Gasteiger partial charge in [-0.05, 0) is 12.1 Å². The summed E-state index contributed by atoms with van der Waals surface area (Å²) >= 11 is 5.86. The first-order valence-electron chi connectivity index (χ1n) is 6.13. The lowest BCUT2D eigenvalue weighted by molar-refractivity contribution is -0.0905. The van der Waals surface area contributed by atoms with Crippen molar-refractivity contribution in [2.24, 2.45) is 0 Å². The van der Waals surface area contributed by atoms with Crippen LogP contribution in [0.1, 0.15) is 0 Å². The number of nitrogens with zero attached hydrogens (tertiary/aromatic N) is 1. The number of hydrogen-bond acceptors (Lipinski definition) is 3. The number of pyridine rings is 1. The molecule has 0 bridgehead atoms. The van der Waals surface area contributed by atoms with Gasteiger partial charge >= 0.3 is 6.18 Å². The Balaban J connectivity index is 2.64. The Kier molecular flexibility index (Phi) is 4.51. The van der Waals surface area contributed by atoms with Crippen molar-refractivity contribution in [1.82, 2.24) is 4.98 Å². The number of para-hydroxylation sites is 1. The van der Waals surface area contributed by atoms with E-state index in [-0.39, 0.29) is 16.4 Å². The van der Waals surface area contributed by atoms with E-state index in [0.29, 0.717) is 17.1 Å². The van der Waals surface area contributed by atoms with Crippen molar-refractivity contribution < 1.29 is 13.2 Å². The molecule has 2 rings (SSSR count). The highest BCUT2D eigenvalue weighted by Gasteiger charge is 2.36. The minimum absolute atomic E-state index is 0.0673. The Morgan fingerprint density at radius 1 is 1.32 bits per heavy atom. The van der Waals surface area contributed by atoms with Crippen LogP contribution in [0.4, 0.5) is 18.9 Å². The first-order chi connectivity index (χ1) is 10.4. The van der Waals surface area contributed by atoms with Gasteiger partial charge in [-0.1, -0.05) is 42.5 Å². The summed E-state index contributed by atoms with van der Waals surface area (Å²) in [7, 11) is 0. The van der Waals surface area contributed by atoms with Crippen molar-refractivity contribution in [1.29, 1.82) is 5.41 Å². The predicted molar refractivity (Wildman–Crippen MR) is 82.4 cm³/mol. The molecule has 0 atom stereocenters. The highest BCUT2D eigenvalue weighted by molar-refractivity contribution is 6.30. The molecule has 2 N–H and O–H groups in total. The number of hydrogen-bond donors (Lipinski definition) is 2. The molecule has 1 aromatic heterocycles. The molecule has 2 aromatic rings. The summed E-state index contributed by atoms with van der Waals surface area (Å²) in [6, 6.07) is 7.98. The van der Waals surface area contributed by atoms with E-state index in [2.05, 4.69) is 16.9 Å². The number of rotatable bonds is 4. The number of anilines is 1. The Bertz CT molecular complexity index is 756. The summed E-state index contributed by atoms with van der Waals surface area (Å²) in [6.45, 7) is 3.30. The second kappa shape index (κ2) is 6.19. The second-order valence-corrected chi connectivity index (χ2v) is 4.70. The average Bonchev–Trinajstić information content (AvgIpc) is 2.46. The van der Waals surface area contributed by atoms with Crippen molar-refractivity contribution in [3.05, 3.63) is 59.4 Å². The van der Waals surface area contributed by atoms with E-state index in [4.69, 9.17) is 17.0 Å². The van der Waals surface area contributed by atoms with Crippen molar-refractivity contribution in [2.45, 2.75) is 6.18 Å². The molecule has 0 unspecified atom stereocenters. The quantitative estimate of drug-likeness (QED) is 0.474. The number of halogens is 4. The molecule has 0 radical (unpaired) electrons. The first kappa shape index (κ1) is 16.0. The molecule has 0 amide bonds. The van der Waals surface area contributed by atoms with Gasteiger partial charge in [0.25, 0.3) is 0 Å². The van der Waals surface area contributed by atoms with Crippen LogP contribution >= 0.6 is 11.6 Å². The highest BCUT2D eigenvalue weighted by Crippen LogP contribution is 2.33. The van der Waals surface area contributed by atoms with Gasteiger partial charge in [-0.25, -0.2) is 4.98 Å². The molecule has 22 heavy (non-hydrogen) atoms. The van der Waals surface area contributed by atoms with Crippen LogP contribution in [-0.4, -0.2) is 17.4 Å². The largest absolute Gasteiger partial charge is 0.431 e. The molecule has 1 heterocycles. The number of nitrogens with one attached hydrogen (secondary N) is 2. The fraction of sp³-hybridized carbons (Fsp3) is 0.0667. The van der Waals surface area contributed by atoms with E-state index in [1.807, 2.05) is 0 Å². The van der Waals surface area contributed by atoms with Gasteiger partial charge in [0.05, 0.1) is 11.2 Å². The number of allylic oxidation sites excluding steroid dienone is 3. The zero-order valence-electron chi connectivity index (χ0n) is 11.2. The highest BCUT2D eigenvalue weighted by atomic mass is 35.5. The van der Waals surface area contributed by atoms with Crippen molar-refractivity contribution >= 4 is 34.4 Å². The molecule has 0 aliphatic rings. The summed E-state index contributed by atoms with van der Waals surface area (Å²) in [6.07, 6.45) is -3.11. The molecule has 1 aromatic carbocycles. The van der Waals surface area contributed by atoms with Crippen molar-refractivity contribution in [3.63, 3.8) is 0 Å². The summed E-state index contributed by atoms with van der Waals surface area (Å²) in [5, 5.41) is 9.98. The number of benzene rings is 1. The zero-order chi connectivity index (χ0) is 16.3. The van der Waals surface area contributed by atoms with E-state index in [1.165, 1.54) is 6.07 Å². The standard InChI is InChI=1S/C15H11ClF3N3/c1-2-9(8-20)14(15(17,18)19)22-12-7-13(16)21-11-6-4-3-5-10(11)12/h2-8,20H,1H2,(H,21,22)/b14-9-,20-8?. The SMILES string of the molecule is C=C/C(C=N)=C(/Nc1cc(Cl)nc2ccccc12)C(F)(F)F. The molecule has 0 fully saturated rings. The monoisotopic (exact) mass is 325 g/mol. The summed E-state index contributed by atoms with van der Waals surface area (Å²) < 4.78 is 39.6. The van der Waals surface area contributed by atoms with Crippen LogP contribution in [0.3, 0.4) is 0 Å². The topological polar surface area (TPSA) is 48.8 Å². The van der Waals surface area contributed by atoms with Gasteiger partial charge in [0.1, 0.15) is 10.9 Å². The maximum Gasteiger partial charge on any atom is 0.431 e. The lowest BCUT2D eigenvalue weighted by Crippen LogP contribution is -2.21. The van der Waals surface area contributed by atoms with Crippen LogP contribution in [0.2, 0.25) is 5.15 Å². The molecule has 0 saturated heterocycles. The fourth-order valence-corrected chi connectivity index (χ4v) is 2.12. The molecule has 114 valence electrons. The molecular formula is C15H11ClF3N3. The average molecular weight is 326 g/mol. The van der Waals surface area contributed by atoms with Gasteiger partial charge in [0.2, 0.25) is 0 Å². The summed E-state index contributed by atoms with van der Waals surface area (Å²) in [4.78, 5) is 4.05. The normalized spacial score (nSPS) is 12.7. The Hall–Kier alpha value is -2.34. The van der Waals surface area contributed by atoms with Gasteiger partial charge in [-0.3, -0.25) is 0 Å². The van der Waals surface area contributed by atoms with Crippen molar-refractivity contribution in [2.75, 3.05) is 5.32 Å². The second-order valence-electron chi connectivity index (χ2n) is 4.31. The third kappa shape index (κ3) is 3.28. The first-order valence-corrected chi connectivity index (χ1v) is 6.51. The van der Waals surface area contributed by atoms with Crippen LogP contribution in [0, 0.1) is 5.41 Å². The third-order valence-electron chi connectivity index (χ3n) is 2.89. The molecule has 0 spiro atoms. The van der Waals surface area contributed by atoms with Crippen LogP contribution in [-0.2, 0) is 0 Å². The van der Waals surface area contributed by atoms with E-state index in [1.54, 1.807) is 24.3 Å². The maximum atomic E-state index is 13.2. The molecule has 7 heteroatoms. The number of alkyl halides is 3. The van der Waals surface area contributed by atoms with Crippen LogP contribution in [0.5, 0.6) is 0 Å². The smallest absolute Gasteiger partial charge is 0.350 e. The van der Waals surface area contributed by atoms with Gasteiger partial charge < -0.3 is 10.7 Å². The molecular weight excluding hydrogens is 315 g/mol. The third-order valence-corrected chi connectivity index (χ3v) is 3.09. The molecule has 0 aliphatic carbocycles. The minimum atomic E-state index is -4.67. The lowest BCUT2D eigenvalue weighted by Gasteiger charge is -2.17. The zero-order valence-corrected chi connectivity index (χ0v) is 12.0. The van der Waals surface area contributed by atoms with E-state index in [0.717, 1.165) is 6.08 Å². The molecule has 0 saturated carbocycles. The van der Waals surface area contributed by atoms with Gasteiger partial charge in [0, 0.05) is 17.2 Å². The number of aromatic nitrogens is 1. The Morgan fingerprint density at radius 3 is 2.59 bits per heavy atom. The van der Waals surface area contributed by atoms with E-state index in [9.17, 15) is 13.2 Å². The lowest BCUT2D eigenvalue weighted by atomic mass is 10.1. The van der Waals surface area contributed by atoms with Crippen LogP contribution < -0.4 is 5.32 Å². The van der Waals surface area contributed by atoms with Crippen LogP contribution in [0.15, 0.2) is 54.3 Å². The van der Waals surface area contributed by atoms with Crippen molar-refractivity contribution in [3.8, 4) is 0 Å². The van der Waals surface area contributed by atoms with Gasteiger partial charge in [0.15, 0.2) is 0 Å². The van der Waals surface area contributed by atoms with E-state index >= 15 is 0 Å². The van der Waals surface area contributed by atoms with E-state index < -0.39 is 11.9 Å².